The van der Waals surface area contributed by atoms with Crippen LogP contribution in [0.5, 0.6) is 5.75 Å². The van der Waals surface area contributed by atoms with E-state index in [-0.39, 0.29) is 17.0 Å². The summed E-state index contributed by atoms with van der Waals surface area (Å²) in [5.41, 5.74) is 1.30. The van der Waals surface area contributed by atoms with Gasteiger partial charge in [-0.2, -0.15) is 0 Å². The van der Waals surface area contributed by atoms with Crippen LogP contribution in [0.3, 0.4) is 0 Å². The molecule has 0 aliphatic heterocycles. The van der Waals surface area contributed by atoms with Crippen molar-refractivity contribution in [1.82, 2.24) is 10.0 Å². The van der Waals surface area contributed by atoms with Gasteiger partial charge in [-0.25, -0.2) is 17.5 Å². The van der Waals surface area contributed by atoms with Crippen molar-refractivity contribution in [2.75, 3.05) is 20.2 Å². The number of amides is 1. The zero-order valence-corrected chi connectivity index (χ0v) is 15.4. The van der Waals surface area contributed by atoms with Crippen molar-refractivity contribution < 1.29 is 22.3 Å². The average molecular weight is 380 g/mol. The maximum Gasteiger partial charge on any atom is 0.241 e. The molecule has 2 aromatic carbocycles. The van der Waals surface area contributed by atoms with Crippen molar-refractivity contribution >= 4 is 15.9 Å². The van der Waals surface area contributed by atoms with Crippen LogP contribution >= 0.6 is 0 Å². The van der Waals surface area contributed by atoms with Crippen LogP contribution in [0, 0.1) is 12.7 Å². The Morgan fingerprint density at radius 1 is 1.15 bits per heavy atom. The van der Waals surface area contributed by atoms with Gasteiger partial charge < -0.3 is 10.1 Å². The number of carbonyl (C=O) groups is 1. The number of carbonyl (C=O) groups excluding carboxylic acids is 1. The summed E-state index contributed by atoms with van der Waals surface area (Å²) in [5.74, 6) is -0.206. The highest BCUT2D eigenvalue weighted by molar-refractivity contribution is 7.89. The van der Waals surface area contributed by atoms with Crippen LogP contribution in [0.15, 0.2) is 47.4 Å². The van der Waals surface area contributed by atoms with Crippen LogP contribution in [0.25, 0.3) is 0 Å². The third kappa shape index (κ3) is 5.53. The molecule has 2 N–H and O–H groups in total. The Kier molecular flexibility index (Phi) is 6.70. The number of hydrogen-bond acceptors (Lipinski definition) is 4. The first-order chi connectivity index (χ1) is 12.3. The molecule has 6 nitrogen and oxygen atoms in total. The van der Waals surface area contributed by atoms with Crippen LogP contribution in [0.1, 0.15) is 11.1 Å². The van der Waals surface area contributed by atoms with Gasteiger partial charge in [-0.1, -0.05) is 12.1 Å². The molecule has 2 rings (SSSR count). The van der Waals surface area contributed by atoms with Crippen molar-refractivity contribution in [3.05, 3.63) is 59.4 Å². The zero-order valence-electron chi connectivity index (χ0n) is 14.6. The van der Waals surface area contributed by atoms with Gasteiger partial charge in [0.1, 0.15) is 11.6 Å². The molecule has 140 valence electrons. The molecule has 0 heterocycles. The highest BCUT2D eigenvalue weighted by Crippen LogP contribution is 2.15. The normalized spacial score (nSPS) is 11.2. The predicted octanol–water partition coefficient (Wildman–Crippen LogP) is 1.78. The number of sulfonamides is 1. The van der Waals surface area contributed by atoms with Crippen LogP contribution in [0.4, 0.5) is 4.39 Å². The molecule has 0 unspecified atom stereocenters. The Hall–Kier alpha value is -2.45. The van der Waals surface area contributed by atoms with E-state index >= 15 is 0 Å². The molecule has 0 aromatic heterocycles. The van der Waals surface area contributed by atoms with E-state index in [1.54, 1.807) is 7.11 Å². The summed E-state index contributed by atoms with van der Waals surface area (Å²) >= 11 is 0. The molecular weight excluding hydrogens is 359 g/mol. The quantitative estimate of drug-likeness (QED) is 0.731. The average Bonchev–Trinajstić information content (AvgIpc) is 2.60. The molecule has 0 bridgehead atoms. The van der Waals surface area contributed by atoms with Crippen LogP contribution < -0.4 is 14.8 Å². The lowest BCUT2D eigenvalue weighted by molar-refractivity contribution is -0.119. The molecule has 8 heteroatoms. The molecule has 2 aromatic rings. The summed E-state index contributed by atoms with van der Waals surface area (Å²) < 4.78 is 44.8. The summed E-state index contributed by atoms with van der Waals surface area (Å²) in [5, 5.41) is 2.65. The second kappa shape index (κ2) is 8.77. The summed E-state index contributed by atoms with van der Waals surface area (Å²) in [6.45, 7) is 1.48. The molecule has 0 aliphatic rings. The fourth-order valence-corrected chi connectivity index (χ4v) is 3.56. The molecule has 0 radical (unpaired) electrons. The molecule has 0 fully saturated rings. The van der Waals surface area contributed by atoms with E-state index in [1.807, 2.05) is 24.3 Å². The van der Waals surface area contributed by atoms with E-state index in [4.69, 9.17) is 4.74 Å². The molecule has 0 aliphatic carbocycles. The van der Waals surface area contributed by atoms with Crippen LogP contribution in [0.2, 0.25) is 0 Å². The smallest absolute Gasteiger partial charge is 0.241 e. The molecule has 0 atom stereocenters. The van der Waals surface area contributed by atoms with Crippen molar-refractivity contribution in [1.29, 1.82) is 0 Å². The second-order valence-corrected chi connectivity index (χ2v) is 7.42. The minimum Gasteiger partial charge on any atom is -0.497 e. The fraction of sp³-hybridized carbons (Fsp3) is 0.278. The topological polar surface area (TPSA) is 84.5 Å². The number of aryl methyl sites for hydroxylation is 1. The molecule has 0 saturated heterocycles. The van der Waals surface area contributed by atoms with Gasteiger partial charge in [-0.3, -0.25) is 4.79 Å². The SMILES string of the molecule is COc1ccc(CCNC(=O)CNS(=O)(=O)c2ccc(F)cc2C)cc1. The Labute approximate surface area is 152 Å². The lowest BCUT2D eigenvalue weighted by atomic mass is 10.1. The first kappa shape index (κ1) is 19.9. The second-order valence-electron chi connectivity index (χ2n) is 5.68. The van der Waals surface area contributed by atoms with Gasteiger partial charge in [0, 0.05) is 6.54 Å². The maximum atomic E-state index is 13.1. The first-order valence-electron chi connectivity index (χ1n) is 7.97. The van der Waals surface area contributed by atoms with Crippen molar-refractivity contribution in [3.63, 3.8) is 0 Å². The molecule has 0 spiro atoms. The Morgan fingerprint density at radius 3 is 2.46 bits per heavy atom. The molecular formula is C18H21FN2O4S. The minimum atomic E-state index is -3.88. The number of nitrogens with one attached hydrogen (secondary N) is 2. The zero-order chi connectivity index (χ0) is 19.2. The van der Waals surface area contributed by atoms with Gasteiger partial charge in [-0.15, -0.1) is 0 Å². The number of methoxy groups -OCH3 is 1. The fourth-order valence-electron chi connectivity index (χ4n) is 2.35. The predicted molar refractivity (Wildman–Crippen MR) is 96.0 cm³/mol. The molecule has 1 amide bonds. The largest absolute Gasteiger partial charge is 0.497 e. The number of halogens is 1. The lowest BCUT2D eigenvalue weighted by Crippen LogP contribution is -2.37. The van der Waals surface area contributed by atoms with Gasteiger partial charge in [0.05, 0.1) is 18.6 Å². The summed E-state index contributed by atoms with van der Waals surface area (Å²) in [6.07, 6.45) is 0.611. The van der Waals surface area contributed by atoms with E-state index in [2.05, 4.69) is 10.0 Å². The van der Waals surface area contributed by atoms with E-state index in [0.717, 1.165) is 23.4 Å². The van der Waals surface area contributed by atoms with Gasteiger partial charge >= 0.3 is 0 Å². The summed E-state index contributed by atoms with van der Waals surface area (Å²) in [4.78, 5) is 11.8. The van der Waals surface area contributed by atoms with E-state index in [1.165, 1.54) is 13.0 Å². The number of rotatable bonds is 8. The lowest BCUT2D eigenvalue weighted by Gasteiger charge is -2.10. The highest BCUT2D eigenvalue weighted by atomic mass is 32.2. The minimum absolute atomic E-state index is 0.0510. The summed E-state index contributed by atoms with van der Waals surface area (Å²) in [7, 11) is -2.29. The summed E-state index contributed by atoms with van der Waals surface area (Å²) in [6, 6.07) is 10.8. The van der Waals surface area contributed by atoms with Gasteiger partial charge in [0.15, 0.2) is 0 Å². The van der Waals surface area contributed by atoms with Gasteiger partial charge in [0.25, 0.3) is 0 Å². The van der Waals surface area contributed by atoms with E-state index in [9.17, 15) is 17.6 Å². The maximum absolute atomic E-state index is 13.1. The number of benzene rings is 2. The van der Waals surface area contributed by atoms with Crippen molar-refractivity contribution in [2.45, 2.75) is 18.2 Å². The highest BCUT2D eigenvalue weighted by Gasteiger charge is 2.18. The van der Waals surface area contributed by atoms with Gasteiger partial charge in [-0.05, 0) is 54.8 Å². The van der Waals surface area contributed by atoms with Crippen LogP contribution in [-0.4, -0.2) is 34.5 Å². The first-order valence-corrected chi connectivity index (χ1v) is 9.45. The van der Waals surface area contributed by atoms with Crippen molar-refractivity contribution in [2.24, 2.45) is 0 Å². The monoisotopic (exact) mass is 380 g/mol. The Bertz CT molecular complexity index is 867. The van der Waals surface area contributed by atoms with E-state index < -0.39 is 21.7 Å². The standard InChI is InChI=1S/C18H21FN2O4S/c1-13-11-15(19)5-8-17(13)26(23,24)21-12-18(22)20-10-9-14-3-6-16(25-2)7-4-14/h3-8,11,21H,9-10,12H2,1-2H3,(H,20,22). The van der Waals surface area contributed by atoms with E-state index in [0.29, 0.717) is 13.0 Å². The third-order valence-corrected chi connectivity index (χ3v) is 5.31. The Balaban J connectivity index is 1.82. The van der Waals surface area contributed by atoms with Crippen LogP contribution in [-0.2, 0) is 21.2 Å². The van der Waals surface area contributed by atoms with Gasteiger partial charge in [0.2, 0.25) is 15.9 Å². The Morgan fingerprint density at radius 2 is 1.85 bits per heavy atom. The number of hydrogen-bond donors (Lipinski definition) is 2. The third-order valence-electron chi connectivity index (χ3n) is 3.74. The number of ether oxygens (including phenoxy) is 1. The molecule has 0 saturated carbocycles. The molecule has 26 heavy (non-hydrogen) atoms. The van der Waals surface area contributed by atoms with Crippen molar-refractivity contribution in [3.8, 4) is 5.75 Å².